The summed E-state index contributed by atoms with van der Waals surface area (Å²) in [6.45, 7) is 6.13. The molecule has 2 bridgehead atoms. The van der Waals surface area contributed by atoms with Crippen molar-refractivity contribution in [2.75, 3.05) is 13.1 Å². The van der Waals surface area contributed by atoms with E-state index in [0.29, 0.717) is 29.5 Å². The molecular formula is C17H23N5O. The minimum Gasteiger partial charge on any atom is -0.336 e. The van der Waals surface area contributed by atoms with E-state index in [0.717, 1.165) is 19.5 Å². The van der Waals surface area contributed by atoms with E-state index in [4.69, 9.17) is 0 Å². The van der Waals surface area contributed by atoms with Crippen LogP contribution in [0.4, 0.5) is 0 Å². The lowest BCUT2D eigenvalue weighted by atomic mass is 10.1. The molecule has 0 radical (unpaired) electrons. The van der Waals surface area contributed by atoms with Gasteiger partial charge in [-0.1, -0.05) is 0 Å². The van der Waals surface area contributed by atoms with Crippen molar-refractivity contribution in [2.24, 2.45) is 0 Å². The summed E-state index contributed by atoms with van der Waals surface area (Å²) < 4.78 is 1.85. The minimum absolute atomic E-state index is 0.0121. The zero-order chi connectivity index (χ0) is 16.0. The Morgan fingerprint density at radius 1 is 1.13 bits per heavy atom. The van der Waals surface area contributed by atoms with Crippen molar-refractivity contribution in [3.63, 3.8) is 0 Å². The van der Waals surface area contributed by atoms with E-state index in [1.165, 1.54) is 12.8 Å². The molecule has 2 fully saturated rings. The molecule has 0 aromatic carbocycles. The Hall–Kier alpha value is -1.95. The third-order valence-electron chi connectivity index (χ3n) is 5.24. The van der Waals surface area contributed by atoms with Gasteiger partial charge >= 0.3 is 0 Å². The Morgan fingerprint density at radius 2 is 1.87 bits per heavy atom. The molecule has 2 aromatic heterocycles. The van der Waals surface area contributed by atoms with E-state index in [1.807, 2.05) is 21.7 Å². The first-order chi connectivity index (χ1) is 11.1. The SMILES string of the molecule is CC(C)N1[C@H]2CC[C@H]1CN(C(=O)c1nccn3ccnc13)CC2. The second kappa shape index (κ2) is 5.60. The van der Waals surface area contributed by atoms with Gasteiger partial charge in [0, 0.05) is 56.0 Å². The summed E-state index contributed by atoms with van der Waals surface area (Å²) in [5.74, 6) is 0.0121. The molecule has 6 heteroatoms. The fourth-order valence-electron chi connectivity index (χ4n) is 4.29. The lowest BCUT2D eigenvalue weighted by Gasteiger charge is -2.32. The molecule has 0 aliphatic carbocycles. The Balaban J connectivity index is 1.61. The van der Waals surface area contributed by atoms with Crippen LogP contribution in [-0.2, 0) is 0 Å². The number of hydrogen-bond donors (Lipinski definition) is 0. The zero-order valence-electron chi connectivity index (χ0n) is 13.7. The topological polar surface area (TPSA) is 53.7 Å². The van der Waals surface area contributed by atoms with Crippen LogP contribution in [0.2, 0.25) is 0 Å². The van der Waals surface area contributed by atoms with Gasteiger partial charge in [-0.3, -0.25) is 9.69 Å². The standard InChI is InChI=1S/C17H23N5O/c1-12(2)22-13-3-4-14(22)11-21(8-5-13)17(23)15-16-19-7-10-20(16)9-6-18-15/h6-7,9-10,12-14H,3-5,8,11H2,1-2H3/t13-,14-/m0/s1. The molecule has 2 aliphatic rings. The first-order valence-corrected chi connectivity index (χ1v) is 8.49. The third kappa shape index (κ3) is 2.41. The summed E-state index contributed by atoms with van der Waals surface area (Å²) in [4.78, 5) is 26.2. The van der Waals surface area contributed by atoms with Crippen LogP contribution in [0.1, 0.15) is 43.6 Å². The highest BCUT2D eigenvalue weighted by molar-refractivity contribution is 5.97. The Bertz CT molecular complexity index is 725. The van der Waals surface area contributed by atoms with E-state index in [-0.39, 0.29) is 5.91 Å². The van der Waals surface area contributed by atoms with Crippen molar-refractivity contribution in [3.8, 4) is 0 Å². The van der Waals surface area contributed by atoms with Gasteiger partial charge in [0.25, 0.3) is 5.91 Å². The van der Waals surface area contributed by atoms with E-state index in [1.54, 1.807) is 12.4 Å². The van der Waals surface area contributed by atoms with Gasteiger partial charge in [0.15, 0.2) is 11.3 Å². The quantitative estimate of drug-likeness (QED) is 0.848. The molecular weight excluding hydrogens is 290 g/mol. The van der Waals surface area contributed by atoms with E-state index in [2.05, 4.69) is 28.7 Å². The van der Waals surface area contributed by atoms with Gasteiger partial charge in [0.05, 0.1) is 0 Å². The Kier molecular flexibility index (Phi) is 3.56. The van der Waals surface area contributed by atoms with Gasteiger partial charge in [-0.15, -0.1) is 0 Å². The molecule has 2 aromatic rings. The fraction of sp³-hybridized carbons (Fsp3) is 0.588. The number of hydrogen-bond acceptors (Lipinski definition) is 4. The minimum atomic E-state index is 0.0121. The van der Waals surface area contributed by atoms with Crippen LogP contribution in [0, 0.1) is 0 Å². The Labute approximate surface area is 136 Å². The normalized spacial score (nSPS) is 25.3. The summed E-state index contributed by atoms with van der Waals surface area (Å²) in [6.07, 6.45) is 10.6. The number of likely N-dealkylation sites (tertiary alicyclic amines) is 1. The maximum absolute atomic E-state index is 13.0. The van der Waals surface area contributed by atoms with Crippen molar-refractivity contribution in [2.45, 2.75) is 51.2 Å². The zero-order valence-corrected chi connectivity index (χ0v) is 13.7. The number of imidazole rings is 1. The van der Waals surface area contributed by atoms with Crippen molar-refractivity contribution in [1.29, 1.82) is 0 Å². The summed E-state index contributed by atoms with van der Waals surface area (Å²) in [7, 11) is 0. The van der Waals surface area contributed by atoms with Gasteiger partial charge in [-0.25, -0.2) is 9.97 Å². The van der Waals surface area contributed by atoms with E-state index >= 15 is 0 Å². The lowest BCUT2D eigenvalue weighted by Crippen LogP contribution is -2.44. The van der Waals surface area contributed by atoms with Crippen LogP contribution < -0.4 is 0 Å². The summed E-state index contributed by atoms with van der Waals surface area (Å²) >= 11 is 0. The van der Waals surface area contributed by atoms with Crippen LogP contribution >= 0.6 is 0 Å². The average molecular weight is 313 g/mol. The molecule has 0 saturated carbocycles. The molecule has 23 heavy (non-hydrogen) atoms. The molecule has 122 valence electrons. The summed E-state index contributed by atoms with van der Waals surface area (Å²) in [5, 5.41) is 0. The van der Waals surface area contributed by atoms with Gasteiger partial charge in [-0.2, -0.15) is 0 Å². The Morgan fingerprint density at radius 3 is 2.65 bits per heavy atom. The predicted octanol–water partition coefficient (Wildman–Crippen LogP) is 1.82. The molecule has 0 spiro atoms. The molecule has 2 atom stereocenters. The van der Waals surface area contributed by atoms with Crippen LogP contribution in [0.15, 0.2) is 24.8 Å². The van der Waals surface area contributed by atoms with Gasteiger partial charge in [-0.05, 0) is 33.1 Å². The summed E-state index contributed by atoms with van der Waals surface area (Å²) in [5.41, 5.74) is 1.11. The molecule has 0 N–H and O–H groups in total. The number of rotatable bonds is 2. The highest BCUT2D eigenvalue weighted by atomic mass is 16.2. The maximum atomic E-state index is 13.0. The first-order valence-electron chi connectivity index (χ1n) is 8.49. The average Bonchev–Trinajstić information content (AvgIpc) is 3.10. The van der Waals surface area contributed by atoms with Crippen molar-refractivity contribution in [3.05, 3.63) is 30.5 Å². The highest BCUT2D eigenvalue weighted by Crippen LogP contribution is 2.32. The number of amides is 1. The number of fused-ring (bicyclic) bond motifs is 3. The van der Waals surface area contributed by atoms with Gasteiger partial charge < -0.3 is 9.30 Å². The van der Waals surface area contributed by atoms with Crippen LogP contribution in [0.25, 0.3) is 5.65 Å². The number of carbonyl (C=O) groups is 1. The van der Waals surface area contributed by atoms with Crippen molar-refractivity contribution < 1.29 is 4.79 Å². The maximum Gasteiger partial charge on any atom is 0.276 e. The van der Waals surface area contributed by atoms with Crippen LogP contribution in [-0.4, -0.2) is 61.3 Å². The number of nitrogens with zero attached hydrogens (tertiary/aromatic N) is 5. The second-order valence-electron chi connectivity index (χ2n) is 6.90. The summed E-state index contributed by atoms with van der Waals surface area (Å²) in [6, 6.07) is 1.63. The molecule has 4 heterocycles. The second-order valence-corrected chi connectivity index (χ2v) is 6.90. The smallest absolute Gasteiger partial charge is 0.276 e. The monoisotopic (exact) mass is 313 g/mol. The first kappa shape index (κ1) is 14.6. The van der Waals surface area contributed by atoms with E-state index < -0.39 is 0 Å². The molecule has 2 saturated heterocycles. The van der Waals surface area contributed by atoms with Crippen LogP contribution in [0.3, 0.4) is 0 Å². The molecule has 4 rings (SSSR count). The molecule has 1 amide bonds. The fourth-order valence-corrected chi connectivity index (χ4v) is 4.29. The van der Waals surface area contributed by atoms with Gasteiger partial charge in [0.2, 0.25) is 0 Å². The number of carbonyl (C=O) groups excluding carboxylic acids is 1. The molecule has 0 unspecified atom stereocenters. The predicted molar refractivity (Wildman–Crippen MR) is 87.3 cm³/mol. The number of aromatic nitrogens is 3. The third-order valence-corrected chi connectivity index (χ3v) is 5.24. The van der Waals surface area contributed by atoms with Gasteiger partial charge in [0.1, 0.15) is 0 Å². The molecule has 6 nitrogen and oxygen atoms in total. The van der Waals surface area contributed by atoms with E-state index in [9.17, 15) is 4.79 Å². The van der Waals surface area contributed by atoms with Crippen molar-refractivity contribution in [1.82, 2.24) is 24.2 Å². The molecule has 2 aliphatic heterocycles. The largest absolute Gasteiger partial charge is 0.336 e. The highest BCUT2D eigenvalue weighted by Gasteiger charge is 2.40. The lowest BCUT2D eigenvalue weighted by molar-refractivity contribution is 0.0724. The van der Waals surface area contributed by atoms with Crippen molar-refractivity contribution >= 4 is 11.6 Å². The van der Waals surface area contributed by atoms with Crippen LogP contribution in [0.5, 0.6) is 0 Å².